The first kappa shape index (κ1) is 17.2. The zero-order valence-corrected chi connectivity index (χ0v) is 14.5. The molecule has 1 aromatic heterocycles. The standard InChI is InChI=1S/C16H23N7O2/c1-13(12-25-2)17-16(24)22-10-8-21(9-11-22)15-18-19-20-23(15)14-6-4-3-5-7-14/h3-7,13H,8-12H2,1-2H3,(H,17,24)/t13-/m1/s1. The third-order valence-corrected chi connectivity index (χ3v) is 4.09. The minimum absolute atomic E-state index is 0.0130. The molecule has 1 atom stereocenters. The molecule has 0 unspecified atom stereocenters. The molecule has 1 saturated heterocycles. The number of anilines is 1. The Hall–Kier alpha value is -2.68. The number of urea groups is 1. The zero-order valence-electron chi connectivity index (χ0n) is 14.5. The number of para-hydroxylation sites is 1. The van der Waals surface area contributed by atoms with Crippen LogP contribution in [0.4, 0.5) is 10.7 Å². The summed E-state index contributed by atoms with van der Waals surface area (Å²) in [6, 6.07) is 9.69. The largest absolute Gasteiger partial charge is 0.383 e. The summed E-state index contributed by atoms with van der Waals surface area (Å²) in [7, 11) is 1.62. The Morgan fingerprint density at radius 1 is 1.24 bits per heavy atom. The minimum atomic E-state index is -0.0631. The number of amides is 2. The van der Waals surface area contributed by atoms with Gasteiger partial charge in [0.25, 0.3) is 0 Å². The van der Waals surface area contributed by atoms with Crippen molar-refractivity contribution in [1.82, 2.24) is 30.4 Å². The minimum Gasteiger partial charge on any atom is -0.383 e. The van der Waals surface area contributed by atoms with E-state index in [1.165, 1.54) is 0 Å². The Labute approximate surface area is 146 Å². The molecule has 2 amide bonds. The second-order valence-corrected chi connectivity index (χ2v) is 6.01. The second-order valence-electron chi connectivity index (χ2n) is 6.01. The van der Waals surface area contributed by atoms with E-state index in [4.69, 9.17) is 4.74 Å². The number of methoxy groups -OCH3 is 1. The highest BCUT2D eigenvalue weighted by Gasteiger charge is 2.25. The Morgan fingerprint density at radius 3 is 2.64 bits per heavy atom. The number of nitrogens with zero attached hydrogens (tertiary/aromatic N) is 6. The molecule has 9 nitrogen and oxygen atoms in total. The van der Waals surface area contributed by atoms with Crippen molar-refractivity contribution >= 4 is 12.0 Å². The molecule has 134 valence electrons. The number of ether oxygens (including phenoxy) is 1. The average Bonchev–Trinajstić information content (AvgIpc) is 3.12. The van der Waals surface area contributed by atoms with E-state index < -0.39 is 0 Å². The van der Waals surface area contributed by atoms with Crippen molar-refractivity contribution in [2.45, 2.75) is 13.0 Å². The molecule has 0 saturated carbocycles. The summed E-state index contributed by atoms with van der Waals surface area (Å²) >= 11 is 0. The van der Waals surface area contributed by atoms with E-state index in [9.17, 15) is 4.79 Å². The Morgan fingerprint density at radius 2 is 1.96 bits per heavy atom. The molecular weight excluding hydrogens is 322 g/mol. The predicted octanol–water partition coefficient (Wildman–Crippen LogP) is 0.529. The van der Waals surface area contributed by atoms with E-state index in [0.717, 1.165) is 5.69 Å². The van der Waals surface area contributed by atoms with Gasteiger partial charge in [0.2, 0.25) is 5.95 Å². The zero-order chi connectivity index (χ0) is 17.6. The summed E-state index contributed by atoms with van der Waals surface area (Å²) in [4.78, 5) is 16.2. The fraction of sp³-hybridized carbons (Fsp3) is 0.500. The molecule has 9 heteroatoms. The highest BCUT2D eigenvalue weighted by Crippen LogP contribution is 2.17. The number of carbonyl (C=O) groups excluding carboxylic acids is 1. The molecule has 1 aliphatic rings. The first-order chi connectivity index (χ1) is 12.2. The number of hydrogen-bond donors (Lipinski definition) is 1. The van der Waals surface area contributed by atoms with Crippen molar-refractivity contribution in [3.05, 3.63) is 30.3 Å². The number of tetrazole rings is 1. The lowest BCUT2D eigenvalue weighted by Gasteiger charge is -2.35. The monoisotopic (exact) mass is 345 g/mol. The molecule has 0 aliphatic carbocycles. The maximum Gasteiger partial charge on any atom is 0.317 e. The summed E-state index contributed by atoms with van der Waals surface area (Å²) < 4.78 is 6.77. The Kier molecular flexibility index (Phi) is 5.44. The fourth-order valence-electron chi connectivity index (χ4n) is 2.82. The molecule has 1 aromatic carbocycles. The molecule has 3 rings (SSSR count). The Balaban J connectivity index is 1.60. The van der Waals surface area contributed by atoms with Crippen LogP contribution in [0.5, 0.6) is 0 Å². The van der Waals surface area contributed by atoms with Crippen LogP contribution >= 0.6 is 0 Å². The van der Waals surface area contributed by atoms with Gasteiger partial charge in [-0.1, -0.05) is 23.3 Å². The third-order valence-electron chi connectivity index (χ3n) is 4.09. The average molecular weight is 345 g/mol. The van der Waals surface area contributed by atoms with Gasteiger partial charge in [-0.05, 0) is 29.5 Å². The highest BCUT2D eigenvalue weighted by atomic mass is 16.5. The molecule has 1 N–H and O–H groups in total. The van der Waals surface area contributed by atoms with Crippen molar-refractivity contribution in [3.63, 3.8) is 0 Å². The number of aromatic nitrogens is 4. The van der Waals surface area contributed by atoms with Crippen molar-refractivity contribution in [1.29, 1.82) is 0 Å². The van der Waals surface area contributed by atoms with Crippen LogP contribution in [0.1, 0.15) is 6.92 Å². The molecule has 0 radical (unpaired) electrons. The fourth-order valence-corrected chi connectivity index (χ4v) is 2.82. The molecule has 1 fully saturated rings. The summed E-state index contributed by atoms with van der Waals surface area (Å²) in [5, 5.41) is 15.0. The molecule has 2 aromatic rings. The van der Waals surface area contributed by atoms with Crippen molar-refractivity contribution in [3.8, 4) is 5.69 Å². The van der Waals surface area contributed by atoms with Crippen LogP contribution in [0.2, 0.25) is 0 Å². The third kappa shape index (κ3) is 4.05. The number of piperazine rings is 1. The van der Waals surface area contributed by atoms with E-state index in [0.29, 0.717) is 38.7 Å². The topological polar surface area (TPSA) is 88.4 Å². The lowest BCUT2D eigenvalue weighted by molar-refractivity contribution is 0.158. The van der Waals surface area contributed by atoms with E-state index >= 15 is 0 Å². The maximum atomic E-state index is 12.3. The quantitative estimate of drug-likeness (QED) is 0.850. The second kappa shape index (κ2) is 7.93. The van der Waals surface area contributed by atoms with Crippen LogP contribution in [0, 0.1) is 0 Å². The SMILES string of the molecule is COC[C@@H](C)NC(=O)N1CCN(c2nnnn2-c2ccccc2)CC1. The first-order valence-corrected chi connectivity index (χ1v) is 8.32. The Bertz CT molecular complexity index is 683. The summed E-state index contributed by atoms with van der Waals surface area (Å²) in [5.74, 6) is 0.694. The van der Waals surface area contributed by atoms with Gasteiger partial charge in [0.05, 0.1) is 18.3 Å². The van der Waals surface area contributed by atoms with Gasteiger partial charge in [0.1, 0.15) is 0 Å². The molecule has 2 heterocycles. The number of benzene rings is 1. The number of hydrogen-bond acceptors (Lipinski definition) is 6. The van der Waals surface area contributed by atoms with Crippen molar-refractivity contribution in [2.24, 2.45) is 0 Å². The van der Waals surface area contributed by atoms with Gasteiger partial charge in [0.15, 0.2) is 0 Å². The molecule has 25 heavy (non-hydrogen) atoms. The van der Waals surface area contributed by atoms with E-state index in [1.807, 2.05) is 37.3 Å². The van der Waals surface area contributed by atoms with E-state index in [2.05, 4.69) is 25.7 Å². The van der Waals surface area contributed by atoms with Gasteiger partial charge >= 0.3 is 6.03 Å². The van der Waals surface area contributed by atoms with Crippen LogP contribution in [-0.4, -0.2) is 77.1 Å². The van der Waals surface area contributed by atoms with Crippen molar-refractivity contribution < 1.29 is 9.53 Å². The number of carbonyl (C=O) groups is 1. The maximum absolute atomic E-state index is 12.3. The van der Waals surface area contributed by atoms with Gasteiger partial charge in [-0.3, -0.25) is 0 Å². The highest BCUT2D eigenvalue weighted by molar-refractivity contribution is 5.74. The van der Waals surface area contributed by atoms with Gasteiger partial charge in [-0.25, -0.2) is 4.79 Å². The molecule has 1 aliphatic heterocycles. The number of nitrogens with one attached hydrogen (secondary N) is 1. The predicted molar refractivity (Wildman–Crippen MR) is 92.8 cm³/mol. The molecule has 0 spiro atoms. The van der Waals surface area contributed by atoms with Crippen LogP contribution < -0.4 is 10.2 Å². The van der Waals surface area contributed by atoms with Crippen LogP contribution in [0.3, 0.4) is 0 Å². The normalized spacial score (nSPS) is 15.9. The first-order valence-electron chi connectivity index (χ1n) is 8.32. The van der Waals surface area contributed by atoms with Gasteiger partial charge in [-0.15, -0.1) is 0 Å². The van der Waals surface area contributed by atoms with Gasteiger partial charge in [0, 0.05) is 33.3 Å². The smallest absolute Gasteiger partial charge is 0.317 e. The van der Waals surface area contributed by atoms with Crippen molar-refractivity contribution in [2.75, 3.05) is 44.8 Å². The summed E-state index contributed by atoms with van der Waals surface area (Å²) in [6.07, 6.45) is 0. The van der Waals surface area contributed by atoms with Crippen LogP contribution in [0.15, 0.2) is 30.3 Å². The number of rotatable bonds is 5. The lowest BCUT2D eigenvalue weighted by Crippen LogP contribution is -2.54. The van der Waals surface area contributed by atoms with Crippen LogP contribution in [0.25, 0.3) is 5.69 Å². The van der Waals surface area contributed by atoms with Gasteiger partial charge in [-0.2, -0.15) is 4.68 Å². The molecular formula is C16H23N7O2. The van der Waals surface area contributed by atoms with E-state index in [1.54, 1.807) is 16.7 Å². The lowest BCUT2D eigenvalue weighted by atomic mass is 10.3. The summed E-state index contributed by atoms with van der Waals surface area (Å²) in [6.45, 7) is 5.02. The van der Waals surface area contributed by atoms with E-state index in [-0.39, 0.29) is 12.1 Å². The van der Waals surface area contributed by atoms with Gasteiger partial charge < -0.3 is 19.9 Å². The summed E-state index contributed by atoms with van der Waals surface area (Å²) in [5.41, 5.74) is 0.913. The molecule has 0 bridgehead atoms. The van der Waals surface area contributed by atoms with Crippen LogP contribution in [-0.2, 0) is 4.74 Å².